The van der Waals surface area contributed by atoms with Gasteiger partial charge >= 0.3 is 0 Å². The number of carbonyl (C=O) groups is 4. The molecule has 15 heavy (non-hydrogen) atoms. The highest BCUT2D eigenvalue weighted by Gasteiger charge is 1.52. The van der Waals surface area contributed by atoms with Crippen LogP contribution in [0.2, 0.25) is 0 Å². The summed E-state index contributed by atoms with van der Waals surface area (Å²) in [6.45, 7) is 16.1. The van der Waals surface area contributed by atoms with Crippen molar-refractivity contribution >= 4 is 26.7 Å². The second-order valence-electron chi connectivity index (χ2n) is 1.28. The first-order chi connectivity index (χ1) is 7.33. The molecule has 94 valence electrons. The van der Waals surface area contributed by atoms with Crippen molar-refractivity contribution < 1.29 is 19.2 Å². The van der Waals surface area contributed by atoms with Crippen molar-refractivity contribution in [2.75, 3.05) is 0 Å². The van der Waals surface area contributed by atoms with Crippen molar-refractivity contribution in [2.24, 2.45) is 0 Å². The van der Waals surface area contributed by atoms with Crippen LogP contribution in [-0.2, 0) is 19.2 Å². The van der Waals surface area contributed by atoms with Crippen LogP contribution in [0.5, 0.6) is 0 Å². The van der Waals surface area contributed by atoms with Gasteiger partial charge in [0.05, 0.1) is 0 Å². The van der Waals surface area contributed by atoms with Crippen LogP contribution in [0.1, 0.15) is 47.5 Å². The van der Waals surface area contributed by atoms with Gasteiger partial charge in [-0.25, -0.2) is 0 Å². The number of hydrogen-bond donors (Lipinski definition) is 0. The lowest BCUT2D eigenvalue weighted by Gasteiger charge is -1.51. The molecule has 0 saturated heterocycles. The fraction of sp³-hybridized carbons (Fsp3) is 0.636. The molecule has 0 rings (SSSR count). The molecule has 0 aromatic rings. The summed E-state index contributed by atoms with van der Waals surface area (Å²) >= 11 is 0. The fourth-order valence-electron chi connectivity index (χ4n) is 0. The molecule has 4 nitrogen and oxygen atoms in total. The minimum Gasteiger partial charge on any atom is -0.307 e. The van der Waals surface area contributed by atoms with Gasteiger partial charge in [0.2, 0.25) is 0 Å². The third-order valence-corrected chi connectivity index (χ3v) is 0.167. The summed E-state index contributed by atoms with van der Waals surface area (Å²) in [6.07, 6.45) is 2.76. The smallest absolute Gasteiger partial charge is 0.119 e. The van der Waals surface area contributed by atoms with Crippen molar-refractivity contribution in [3.05, 3.63) is 0 Å². The van der Waals surface area contributed by atoms with E-state index in [9.17, 15) is 4.79 Å². The first-order valence-electron chi connectivity index (χ1n) is 4.63. The molecule has 0 aliphatic carbocycles. The van der Waals surface area contributed by atoms with Gasteiger partial charge in [-0.15, -0.1) is 0 Å². The molecule has 0 aromatic heterocycles. The van der Waals surface area contributed by atoms with E-state index in [-0.39, 0.29) is 0 Å². The van der Waals surface area contributed by atoms with Crippen LogP contribution in [0.15, 0.2) is 0 Å². The minimum atomic E-state index is 0.639. The van der Waals surface area contributed by atoms with Crippen molar-refractivity contribution in [2.45, 2.75) is 47.5 Å². The van der Waals surface area contributed by atoms with E-state index >= 15 is 0 Å². The van der Waals surface area contributed by atoms with E-state index in [1.54, 1.807) is 0 Å². The van der Waals surface area contributed by atoms with Gasteiger partial charge in [-0.1, -0.05) is 41.0 Å². The normalized spacial score (nSPS) is 4.07. The van der Waals surface area contributed by atoms with Gasteiger partial charge in [0.1, 0.15) is 26.7 Å². The Balaban J connectivity index is -0.0000000168. The molecule has 0 heterocycles. The standard InChI is InChI=1S/C3H6O.C3H8.C2H6.3CH2O/c1-2-3-4;1-3-2;4*1-2/h3H,2H2,1H3;3H2,1-2H3;1-2H3;3*1H2. The molecule has 0 N–H and O–H groups in total. The van der Waals surface area contributed by atoms with Gasteiger partial charge in [-0.05, 0) is 0 Å². The summed E-state index contributed by atoms with van der Waals surface area (Å²) in [5.74, 6) is 0. The van der Waals surface area contributed by atoms with Crippen molar-refractivity contribution in [3.8, 4) is 0 Å². The third kappa shape index (κ3) is 14100. The Morgan fingerprint density at radius 1 is 0.800 bits per heavy atom. The van der Waals surface area contributed by atoms with E-state index in [4.69, 9.17) is 14.4 Å². The van der Waals surface area contributed by atoms with Crippen LogP contribution in [0, 0.1) is 0 Å². The van der Waals surface area contributed by atoms with Gasteiger partial charge in [0.25, 0.3) is 0 Å². The molecular formula is C11H26O4. The van der Waals surface area contributed by atoms with E-state index in [1.807, 2.05) is 41.1 Å². The van der Waals surface area contributed by atoms with E-state index in [1.165, 1.54) is 6.42 Å². The lowest BCUT2D eigenvalue weighted by atomic mass is 10.6. The molecule has 0 spiro atoms. The quantitative estimate of drug-likeness (QED) is 0.639. The minimum absolute atomic E-state index is 0.639. The van der Waals surface area contributed by atoms with E-state index < -0.39 is 0 Å². The van der Waals surface area contributed by atoms with Gasteiger partial charge in [0, 0.05) is 6.42 Å². The van der Waals surface area contributed by atoms with Crippen molar-refractivity contribution in [1.29, 1.82) is 0 Å². The van der Waals surface area contributed by atoms with Crippen LogP contribution < -0.4 is 0 Å². The van der Waals surface area contributed by atoms with Crippen LogP contribution in [0.4, 0.5) is 0 Å². The molecule has 0 amide bonds. The largest absolute Gasteiger partial charge is 0.307 e. The second-order valence-corrected chi connectivity index (χ2v) is 1.28. The summed E-state index contributed by atoms with van der Waals surface area (Å²) in [5.41, 5.74) is 0. The maximum absolute atomic E-state index is 9.17. The van der Waals surface area contributed by atoms with Gasteiger partial charge < -0.3 is 19.2 Å². The molecule has 0 radical (unpaired) electrons. The van der Waals surface area contributed by atoms with E-state index in [2.05, 4.69) is 13.8 Å². The summed E-state index contributed by atoms with van der Waals surface area (Å²) in [6, 6.07) is 0. The lowest BCUT2D eigenvalue weighted by molar-refractivity contribution is -0.107. The molecule has 0 aromatic carbocycles. The first kappa shape index (κ1) is 37.3. The highest BCUT2D eigenvalue weighted by atomic mass is 16.1. The Kier molecular flexibility index (Phi) is 1520. The summed E-state index contributed by atoms with van der Waals surface area (Å²) in [5, 5.41) is 0. The zero-order valence-electron chi connectivity index (χ0n) is 10.7. The number of hydrogen-bond acceptors (Lipinski definition) is 4. The van der Waals surface area contributed by atoms with E-state index in [0.29, 0.717) is 6.42 Å². The number of carbonyl (C=O) groups excluding carboxylic acids is 4. The van der Waals surface area contributed by atoms with Gasteiger partial charge in [-0.2, -0.15) is 0 Å². The predicted octanol–water partition coefficient (Wildman–Crippen LogP) is 2.48. The zero-order chi connectivity index (χ0) is 14.1. The summed E-state index contributed by atoms with van der Waals surface area (Å²) in [4.78, 5) is 33.2. The Labute approximate surface area is 94.1 Å². The van der Waals surface area contributed by atoms with Crippen LogP contribution >= 0.6 is 0 Å². The average Bonchev–Trinajstić information content (AvgIpc) is 2.39. The van der Waals surface area contributed by atoms with Crippen LogP contribution in [0.25, 0.3) is 0 Å². The fourth-order valence-corrected chi connectivity index (χ4v) is 0. The maximum atomic E-state index is 9.17. The topological polar surface area (TPSA) is 68.3 Å². The predicted molar refractivity (Wildman–Crippen MR) is 65.0 cm³/mol. The monoisotopic (exact) mass is 222 g/mol. The molecule has 0 bridgehead atoms. The molecule has 0 aliphatic heterocycles. The molecule has 0 atom stereocenters. The van der Waals surface area contributed by atoms with Crippen LogP contribution in [-0.4, -0.2) is 26.7 Å². The Morgan fingerprint density at radius 3 is 0.867 bits per heavy atom. The van der Waals surface area contributed by atoms with Crippen molar-refractivity contribution in [3.63, 3.8) is 0 Å². The Bertz CT molecular complexity index is 53.8. The highest BCUT2D eigenvalue weighted by molar-refractivity contribution is 5.48. The highest BCUT2D eigenvalue weighted by Crippen LogP contribution is 1.56. The summed E-state index contributed by atoms with van der Waals surface area (Å²) in [7, 11) is 0. The molecule has 0 aliphatic rings. The lowest BCUT2D eigenvalue weighted by Crippen LogP contribution is -1.55. The zero-order valence-corrected chi connectivity index (χ0v) is 10.7. The van der Waals surface area contributed by atoms with E-state index in [0.717, 1.165) is 6.29 Å². The maximum Gasteiger partial charge on any atom is 0.119 e. The first-order valence-corrected chi connectivity index (χ1v) is 4.63. The molecule has 0 fully saturated rings. The third-order valence-electron chi connectivity index (χ3n) is 0.167. The second kappa shape index (κ2) is 613. The average molecular weight is 222 g/mol. The molecule has 4 heteroatoms. The van der Waals surface area contributed by atoms with Crippen LogP contribution in [0.3, 0.4) is 0 Å². The van der Waals surface area contributed by atoms with Gasteiger partial charge in [0.15, 0.2) is 0 Å². The number of aldehydes is 1. The molecule has 0 unspecified atom stereocenters. The van der Waals surface area contributed by atoms with Crippen molar-refractivity contribution in [1.82, 2.24) is 0 Å². The SMILES string of the molecule is C=O.C=O.C=O.CC.CCC.CCC=O. The summed E-state index contributed by atoms with van der Waals surface area (Å²) < 4.78 is 0. The van der Waals surface area contributed by atoms with Gasteiger partial charge in [-0.3, -0.25) is 0 Å². The number of rotatable bonds is 1. The molecule has 0 saturated carbocycles. The Hall–Kier alpha value is -1.32. The Morgan fingerprint density at radius 2 is 0.867 bits per heavy atom. The molecular weight excluding hydrogens is 196 g/mol.